The van der Waals surface area contributed by atoms with Crippen LogP contribution >= 0.6 is 0 Å². The number of nitrogens with two attached hydrogens (primary N) is 1. The Bertz CT molecular complexity index is 721. The summed E-state index contributed by atoms with van der Waals surface area (Å²) in [5.41, 5.74) is 8.03. The van der Waals surface area contributed by atoms with Gasteiger partial charge < -0.3 is 11.1 Å². The number of ketones is 1. The molecule has 1 aliphatic rings. The highest BCUT2D eigenvalue weighted by atomic mass is 16.1. The minimum Gasteiger partial charge on any atom is -0.366 e. The van der Waals surface area contributed by atoms with E-state index in [4.69, 9.17) is 5.73 Å². The molecule has 0 bridgehead atoms. The summed E-state index contributed by atoms with van der Waals surface area (Å²) in [6.45, 7) is 0.955. The number of nitrogens with one attached hydrogen (secondary N) is 1. The van der Waals surface area contributed by atoms with E-state index >= 15 is 0 Å². The van der Waals surface area contributed by atoms with Crippen molar-refractivity contribution in [3.8, 4) is 11.1 Å². The van der Waals surface area contributed by atoms with Crippen LogP contribution in [-0.4, -0.2) is 24.3 Å². The smallest absolute Gasteiger partial charge is 0.248 e. The van der Waals surface area contributed by atoms with E-state index in [2.05, 4.69) is 5.32 Å². The molecule has 2 aromatic carbocycles. The van der Waals surface area contributed by atoms with Crippen LogP contribution in [0.1, 0.15) is 27.1 Å². The maximum absolute atomic E-state index is 12.5. The zero-order valence-electron chi connectivity index (χ0n) is 12.1. The molecule has 22 heavy (non-hydrogen) atoms. The molecule has 0 saturated carbocycles. The van der Waals surface area contributed by atoms with Gasteiger partial charge in [0, 0.05) is 23.6 Å². The fourth-order valence-electron chi connectivity index (χ4n) is 2.52. The van der Waals surface area contributed by atoms with Crippen molar-refractivity contribution < 1.29 is 9.59 Å². The molecule has 2 aromatic rings. The van der Waals surface area contributed by atoms with E-state index in [1.807, 2.05) is 30.3 Å². The number of benzene rings is 2. The quantitative estimate of drug-likeness (QED) is 0.830. The van der Waals surface area contributed by atoms with Gasteiger partial charge in [-0.15, -0.1) is 0 Å². The number of rotatable bonds is 5. The van der Waals surface area contributed by atoms with Crippen molar-refractivity contribution in [2.24, 2.45) is 5.73 Å². The minimum atomic E-state index is -0.476. The summed E-state index contributed by atoms with van der Waals surface area (Å²) in [6, 6.07) is 14.6. The molecular formula is C18H17N2O2. The van der Waals surface area contributed by atoms with Gasteiger partial charge in [0.1, 0.15) is 0 Å². The molecule has 0 aliphatic carbocycles. The Balaban J connectivity index is 1.95. The third kappa shape index (κ3) is 2.92. The first kappa shape index (κ1) is 14.5. The lowest BCUT2D eigenvalue weighted by molar-refractivity contribution is 0.0996. The maximum atomic E-state index is 12.5. The maximum Gasteiger partial charge on any atom is 0.248 e. The average Bonchev–Trinajstić information content (AvgIpc) is 2.51. The van der Waals surface area contributed by atoms with Gasteiger partial charge in [0.05, 0.1) is 0 Å². The summed E-state index contributed by atoms with van der Waals surface area (Å²) in [4.78, 5) is 23.8. The molecule has 1 amide bonds. The number of primary amides is 1. The molecule has 1 heterocycles. The van der Waals surface area contributed by atoms with Crippen LogP contribution in [0.25, 0.3) is 11.1 Å². The largest absolute Gasteiger partial charge is 0.366 e. The summed E-state index contributed by atoms with van der Waals surface area (Å²) >= 11 is 0. The first-order valence-electron chi connectivity index (χ1n) is 7.27. The van der Waals surface area contributed by atoms with Crippen LogP contribution < -0.4 is 11.1 Å². The first-order valence-corrected chi connectivity index (χ1v) is 7.27. The van der Waals surface area contributed by atoms with Gasteiger partial charge in [0.2, 0.25) is 5.91 Å². The van der Waals surface area contributed by atoms with Crippen molar-refractivity contribution in [3.63, 3.8) is 0 Å². The number of hydrogen-bond acceptors (Lipinski definition) is 3. The highest BCUT2D eigenvalue weighted by Gasteiger charge is 2.22. The number of carbonyl (C=O) groups is 2. The zero-order chi connectivity index (χ0) is 15.5. The standard InChI is InChI=1S/C18H17N2O2/c19-18(22)13-5-3-4-12(10-13)15-6-1-2-7-16(15)17(21)11-14-8-9-20-14/h1-7,10-11,14,20H,8-9H2,(H2,19,22). The fourth-order valence-corrected chi connectivity index (χ4v) is 2.52. The second kappa shape index (κ2) is 6.12. The number of hydrogen-bond donors (Lipinski definition) is 2. The molecule has 1 saturated heterocycles. The van der Waals surface area contributed by atoms with Crippen LogP contribution in [0, 0.1) is 6.42 Å². The predicted octanol–water partition coefficient (Wildman–Crippen LogP) is 2.20. The van der Waals surface area contributed by atoms with Crippen LogP contribution in [0.4, 0.5) is 0 Å². The minimum absolute atomic E-state index is 0.00252. The van der Waals surface area contributed by atoms with Crippen molar-refractivity contribution in [1.29, 1.82) is 0 Å². The van der Waals surface area contributed by atoms with Crippen molar-refractivity contribution in [2.75, 3.05) is 6.54 Å². The average molecular weight is 293 g/mol. The summed E-state index contributed by atoms with van der Waals surface area (Å²) in [6.07, 6.45) is 2.71. The van der Waals surface area contributed by atoms with Gasteiger partial charge in [0.15, 0.2) is 5.78 Å². The molecule has 4 nitrogen and oxygen atoms in total. The molecule has 0 aromatic heterocycles. The van der Waals surface area contributed by atoms with Gasteiger partial charge in [0.25, 0.3) is 0 Å². The highest BCUT2D eigenvalue weighted by Crippen LogP contribution is 2.26. The van der Waals surface area contributed by atoms with E-state index in [1.165, 1.54) is 0 Å². The van der Waals surface area contributed by atoms with Gasteiger partial charge in [-0.2, -0.15) is 0 Å². The van der Waals surface area contributed by atoms with Crippen LogP contribution in [0.5, 0.6) is 0 Å². The number of amides is 1. The molecule has 111 valence electrons. The van der Waals surface area contributed by atoms with Crippen LogP contribution in [0.15, 0.2) is 48.5 Å². The molecule has 1 unspecified atom stereocenters. The first-order chi connectivity index (χ1) is 10.6. The summed E-state index contributed by atoms with van der Waals surface area (Å²) < 4.78 is 0. The Morgan fingerprint density at radius 1 is 1.14 bits per heavy atom. The molecule has 0 spiro atoms. The van der Waals surface area contributed by atoms with E-state index < -0.39 is 5.91 Å². The normalized spacial score (nSPS) is 16.8. The van der Waals surface area contributed by atoms with Crippen LogP contribution in [0.2, 0.25) is 0 Å². The Morgan fingerprint density at radius 3 is 2.59 bits per heavy atom. The molecule has 4 heteroatoms. The Hall–Kier alpha value is -2.46. The van der Waals surface area contributed by atoms with E-state index in [1.54, 1.807) is 24.6 Å². The Morgan fingerprint density at radius 2 is 1.91 bits per heavy atom. The zero-order valence-corrected chi connectivity index (χ0v) is 12.1. The molecule has 1 atom stereocenters. The number of Topliss-reactive ketones (excluding diaryl/α,β-unsaturated/α-hetero) is 1. The lowest BCUT2D eigenvalue weighted by Crippen LogP contribution is -2.44. The summed E-state index contributed by atoms with van der Waals surface area (Å²) in [5, 5.41) is 3.19. The Labute approximate surface area is 129 Å². The van der Waals surface area contributed by atoms with Gasteiger partial charge in [-0.25, -0.2) is 0 Å². The molecule has 1 fully saturated rings. The third-order valence-electron chi connectivity index (χ3n) is 3.87. The topological polar surface area (TPSA) is 72.2 Å². The van der Waals surface area contributed by atoms with Crippen LogP contribution in [-0.2, 0) is 0 Å². The molecule has 3 rings (SSSR count). The molecule has 3 N–H and O–H groups in total. The molecule has 1 radical (unpaired) electrons. The summed E-state index contributed by atoms with van der Waals surface area (Å²) in [5.74, 6) is -0.479. The number of carbonyl (C=O) groups excluding carboxylic acids is 2. The second-order valence-electron chi connectivity index (χ2n) is 5.37. The molecule has 1 aliphatic heterocycles. The van der Waals surface area contributed by atoms with Crippen molar-refractivity contribution in [3.05, 3.63) is 66.1 Å². The van der Waals surface area contributed by atoms with E-state index in [9.17, 15) is 9.59 Å². The van der Waals surface area contributed by atoms with Gasteiger partial charge in [-0.3, -0.25) is 9.59 Å². The van der Waals surface area contributed by atoms with E-state index in [0.717, 1.165) is 24.1 Å². The van der Waals surface area contributed by atoms with E-state index in [0.29, 0.717) is 11.1 Å². The van der Waals surface area contributed by atoms with Gasteiger partial charge in [-0.1, -0.05) is 36.4 Å². The van der Waals surface area contributed by atoms with Crippen molar-refractivity contribution in [2.45, 2.75) is 12.5 Å². The predicted molar refractivity (Wildman–Crippen MR) is 85.4 cm³/mol. The molecular weight excluding hydrogens is 276 g/mol. The van der Waals surface area contributed by atoms with Gasteiger partial charge in [-0.05, 0) is 36.2 Å². The fraction of sp³-hybridized carbons (Fsp3) is 0.167. The van der Waals surface area contributed by atoms with E-state index in [-0.39, 0.29) is 11.8 Å². The second-order valence-corrected chi connectivity index (χ2v) is 5.37. The highest BCUT2D eigenvalue weighted by molar-refractivity contribution is 6.08. The van der Waals surface area contributed by atoms with Crippen molar-refractivity contribution >= 4 is 11.7 Å². The third-order valence-corrected chi connectivity index (χ3v) is 3.87. The lowest BCUT2D eigenvalue weighted by atomic mass is 9.91. The van der Waals surface area contributed by atoms with Gasteiger partial charge >= 0.3 is 0 Å². The summed E-state index contributed by atoms with van der Waals surface area (Å²) in [7, 11) is 0. The van der Waals surface area contributed by atoms with Crippen molar-refractivity contribution in [1.82, 2.24) is 5.32 Å². The SMILES string of the molecule is NC(=O)c1cccc(-c2ccccc2C(=O)[CH]C2CCN2)c1. The Kier molecular flexibility index (Phi) is 4.02. The monoisotopic (exact) mass is 293 g/mol. The van der Waals surface area contributed by atoms with Crippen LogP contribution in [0.3, 0.4) is 0 Å². The lowest BCUT2D eigenvalue weighted by Gasteiger charge is -2.26.